The fraction of sp³-hybridized carbons (Fsp3) is 0.238. The predicted octanol–water partition coefficient (Wildman–Crippen LogP) is 4.60. The number of pyridine rings is 1. The summed E-state index contributed by atoms with van der Waals surface area (Å²) in [5.41, 5.74) is 4.04. The van der Waals surface area contributed by atoms with E-state index in [9.17, 15) is 9.18 Å². The summed E-state index contributed by atoms with van der Waals surface area (Å²) >= 11 is 0. The van der Waals surface area contributed by atoms with Crippen LogP contribution in [0, 0.1) is 5.82 Å². The molecule has 0 spiro atoms. The molecule has 1 heterocycles. The van der Waals surface area contributed by atoms with E-state index in [1.54, 1.807) is 13.0 Å². The third kappa shape index (κ3) is 3.01. The predicted molar refractivity (Wildman–Crippen MR) is 103 cm³/mol. The number of halogens is 1. The summed E-state index contributed by atoms with van der Waals surface area (Å²) in [5.74, 6) is -0.227. The van der Waals surface area contributed by atoms with E-state index in [1.165, 1.54) is 12.1 Å². The molecule has 0 atom stereocenters. The molecule has 1 saturated carbocycles. The Bertz CT molecular complexity index is 998. The average Bonchev–Trinajstić information content (AvgIpc) is 3.45. The first-order valence-electron chi connectivity index (χ1n) is 8.75. The van der Waals surface area contributed by atoms with Gasteiger partial charge < -0.3 is 10.2 Å². The second-order valence-corrected chi connectivity index (χ2v) is 6.64. The standard InChI is InChI=1S/C21H20FN3O/c1-13(26)25(16-6-7-16)17-8-9-19-18(11-17)21(23-2)12-20(24-19)14-4-3-5-15(22)10-14/h3-5,8-12,16H,6-7H2,1-2H3,(H,23,24). The van der Waals surface area contributed by atoms with Gasteiger partial charge in [-0.05, 0) is 49.2 Å². The SMILES string of the molecule is CNc1cc(-c2cccc(F)c2)nc2ccc(N(C(C)=O)C3CC3)cc12. The molecule has 4 nitrogen and oxygen atoms in total. The van der Waals surface area contributed by atoms with Crippen LogP contribution >= 0.6 is 0 Å². The van der Waals surface area contributed by atoms with Crippen LogP contribution in [0.4, 0.5) is 15.8 Å². The van der Waals surface area contributed by atoms with Gasteiger partial charge in [0.25, 0.3) is 0 Å². The number of nitrogens with one attached hydrogen (secondary N) is 1. The number of fused-ring (bicyclic) bond motifs is 1. The normalized spacial score (nSPS) is 13.7. The lowest BCUT2D eigenvalue weighted by Crippen LogP contribution is -2.30. The number of amides is 1. The van der Waals surface area contributed by atoms with Crippen molar-refractivity contribution >= 4 is 28.2 Å². The Balaban J connectivity index is 1.84. The maximum absolute atomic E-state index is 13.6. The van der Waals surface area contributed by atoms with Crippen LogP contribution < -0.4 is 10.2 Å². The molecule has 1 aliphatic carbocycles. The molecule has 0 unspecified atom stereocenters. The van der Waals surface area contributed by atoms with E-state index >= 15 is 0 Å². The quantitative estimate of drug-likeness (QED) is 0.749. The summed E-state index contributed by atoms with van der Waals surface area (Å²) < 4.78 is 13.6. The molecule has 0 bridgehead atoms. The van der Waals surface area contributed by atoms with E-state index in [4.69, 9.17) is 4.98 Å². The highest BCUT2D eigenvalue weighted by atomic mass is 19.1. The number of anilines is 2. The first-order valence-corrected chi connectivity index (χ1v) is 8.75. The Morgan fingerprint density at radius 3 is 2.65 bits per heavy atom. The van der Waals surface area contributed by atoms with Crippen molar-refractivity contribution in [3.8, 4) is 11.3 Å². The van der Waals surface area contributed by atoms with Crippen molar-refractivity contribution in [3.05, 3.63) is 54.3 Å². The molecule has 5 heteroatoms. The van der Waals surface area contributed by atoms with Gasteiger partial charge in [0.1, 0.15) is 5.82 Å². The van der Waals surface area contributed by atoms with Crippen molar-refractivity contribution < 1.29 is 9.18 Å². The van der Waals surface area contributed by atoms with Gasteiger partial charge in [0.2, 0.25) is 5.91 Å². The molecule has 26 heavy (non-hydrogen) atoms. The minimum Gasteiger partial charge on any atom is -0.388 e. The molecule has 4 rings (SSSR count). The zero-order valence-corrected chi connectivity index (χ0v) is 14.8. The highest BCUT2D eigenvalue weighted by Crippen LogP contribution is 2.35. The molecule has 2 aromatic carbocycles. The minimum absolute atomic E-state index is 0.0576. The number of hydrogen-bond donors (Lipinski definition) is 1. The van der Waals surface area contributed by atoms with E-state index in [-0.39, 0.29) is 11.7 Å². The monoisotopic (exact) mass is 349 g/mol. The lowest BCUT2D eigenvalue weighted by molar-refractivity contribution is -0.116. The lowest BCUT2D eigenvalue weighted by atomic mass is 10.1. The van der Waals surface area contributed by atoms with Crippen molar-refractivity contribution in [1.82, 2.24) is 4.98 Å². The van der Waals surface area contributed by atoms with Gasteiger partial charge >= 0.3 is 0 Å². The Labute approximate surface area is 151 Å². The zero-order chi connectivity index (χ0) is 18.3. The number of carbonyl (C=O) groups excluding carboxylic acids is 1. The number of carbonyl (C=O) groups is 1. The van der Waals surface area contributed by atoms with Crippen LogP contribution in [-0.4, -0.2) is 24.0 Å². The number of benzene rings is 2. The van der Waals surface area contributed by atoms with E-state index in [1.807, 2.05) is 42.3 Å². The van der Waals surface area contributed by atoms with Crippen LogP contribution in [0.1, 0.15) is 19.8 Å². The second kappa shape index (κ2) is 6.41. The van der Waals surface area contributed by atoms with Crippen LogP contribution in [-0.2, 0) is 4.79 Å². The van der Waals surface area contributed by atoms with E-state index in [2.05, 4.69) is 5.32 Å². The van der Waals surface area contributed by atoms with E-state index in [0.717, 1.165) is 40.7 Å². The third-order valence-corrected chi connectivity index (χ3v) is 4.71. The van der Waals surface area contributed by atoms with Gasteiger partial charge in [-0.25, -0.2) is 9.37 Å². The number of aromatic nitrogens is 1. The zero-order valence-electron chi connectivity index (χ0n) is 14.8. The summed E-state index contributed by atoms with van der Waals surface area (Å²) in [4.78, 5) is 18.6. The van der Waals surface area contributed by atoms with Crippen LogP contribution in [0.5, 0.6) is 0 Å². The molecule has 0 saturated heterocycles. The summed E-state index contributed by atoms with van der Waals surface area (Å²) in [5, 5.41) is 4.14. The molecule has 1 amide bonds. The summed E-state index contributed by atoms with van der Waals surface area (Å²) in [6.45, 7) is 1.60. The Morgan fingerprint density at radius 2 is 2.00 bits per heavy atom. The largest absolute Gasteiger partial charge is 0.388 e. The highest BCUT2D eigenvalue weighted by molar-refractivity contribution is 5.99. The van der Waals surface area contributed by atoms with Crippen molar-refractivity contribution in [2.75, 3.05) is 17.3 Å². The van der Waals surface area contributed by atoms with Gasteiger partial charge in [-0.1, -0.05) is 12.1 Å². The lowest BCUT2D eigenvalue weighted by Gasteiger charge is -2.21. The average molecular weight is 349 g/mol. The van der Waals surface area contributed by atoms with E-state index < -0.39 is 0 Å². The highest BCUT2D eigenvalue weighted by Gasteiger charge is 2.32. The van der Waals surface area contributed by atoms with Gasteiger partial charge in [-0.2, -0.15) is 0 Å². The maximum Gasteiger partial charge on any atom is 0.224 e. The van der Waals surface area contributed by atoms with Crippen LogP contribution in [0.25, 0.3) is 22.2 Å². The van der Waals surface area contributed by atoms with Gasteiger partial charge in [-0.3, -0.25) is 4.79 Å². The molecule has 1 N–H and O–H groups in total. The van der Waals surface area contributed by atoms with Crippen molar-refractivity contribution in [3.63, 3.8) is 0 Å². The summed E-state index contributed by atoms with van der Waals surface area (Å²) in [6.07, 6.45) is 2.10. The summed E-state index contributed by atoms with van der Waals surface area (Å²) in [7, 11) is 1.85. The first-order chi connectivity index (χ1) is 12.6. The first kappa shape index (κ1) is 16.5. The molecular weight excluding hydrogens is 329 g/mol. The summed E-state index contributed by atoms with van der Waals surface area (Å²) in [6, 6.07) is 14.5. The number of nitrogens with zero attached hydrogens (tertiary/aromatic N) is 2. The van der Waals surface area contributed by atoms with Gasteiger partial charge in [0, 0.05) is 42.3 Å². The fourth-order valence-electron chi connectivity index (χ4n) is 3.35. The Morgan fingerprint density at radius 1 is 1.19 bits per heavy atom. The van der Waals surface area contributed by atoms with Gasteiger partial charge in [0.15, 0.2) is 0 Å². The third-order valence-electron chi connectivity index (χ3n) is 4.71. The van der Waals surface area contributed by atoms with Crippen molar-refractivity contribution in [2.45, 2.75) is 25.8 Å². The van der Waals surface area contributed by atoms with Gasteiger partial charge in [0.05, 0.1) is 11.2 Å². The smallest absolute Gasteiger partial charge is 0.224 e. The van der Waals surface area contributed by atoms with E-state index in [0.29, 0.717) is 11.7 Å². The molecule has 132 valence electrons. The molecule has 3 aromatic rings. The van der Waals surface area contributed by atoms with Crippen molar-refractivity contribution in [1.29, 1.82) is 0 Å². The molecular formula is C21H20FN3O. The molecule has 1 aliphatic rings. The molecule has 0 radical (unpaired) electrons. The van der Waals surface area contributed by atoms with Crippen LogP contribution in [0.15, 0.2) is 48.5 Å². The van der Waals surface area contributed by atoms with Crippen molar-refractivity contribution in [2.24, 2.45) is 0 Å². The number of hydrogen-bond acceptors (Lipinski definition) is 3. The van der Waals surface area contributed by atoms with Gasteiger partial charge in [-0.15, -0.1) is 0 Å². The number of rotatable bonds is 4. The Hall–Kier alpha value is -2.95. The second-order valence-electron chi connectivity index (χ2n) is 6.64. The Kier molecular flexibility index (Phi) is 4.07. The topological polar surface area (TPSA) is 45.2 Å². The maximum atomic E-state index is 13.6. The minimum atomic E-state index is -0.285. The molecule has 1 aromatic heterocycles. The van der Waals surface area contributed by atoms with Crippen LogP contribution in [0.3, 0.4) is 0 Å². The molecule has 1 fully saturated rings. The van der Waals surface area contributed by atoms with Crippen LogP contribution in [0.2, 0.25) is 0 Å². The molecule has 0 aliphatic heterocycles. The fourth-order valence-corrected chi connectivity index (χ4v) is 3.35.